The van der Waals surface area contributed by atoms with Crippen molar-refractivity contribution < 1.29 is 9.72 Å². The SMILES string of the molecule is Cc1ccc([N+](=O)[O-])c(NC(=O)CCCCCCN)c1. The van der Waals surface area contributed by atoms with Crippen molar-refractivity contribution in [2.24, 2.45) is 5.73 Å². The second-order valence-electron chi connectivity index (χ2n) is 4.78. The molecular formula is C14H21N3O3. The van der Waals surface area contributed by atoms with Crippen LogP contribution in [0.15, 0.2) is 18.2 Å². The van der Waals surface area contributed by atoms with E-state index in [1.165, 1.54) is 6.07 Å². The Morgan fingerprint density at radius 3 is 2.65 bits per heavy atom. The van der Waals surface area contributed by atoms with Gasteiger partial charge in [-0.05, 0) is 37.9 Å². The summed E-state index contributed by atoms with van der Waals surface area (Å²) in [6.45, 7) is 2.49. The molecule has 6 heteroatoms. The highest BCUT2D eigenvalue weighted by molar-refractivity contribution is 5.93. The summed E-state index contributed by atoms with van der Waals surface area (Å²) in [6.07, 6.45) is 4.06. The van der Waals surface area contributed by atoms with Crippen molar-refractivity contribution in [1.29, 1.82) is 0 Å². The Balaban J connectivity index is 2.53. The van der Waals surface area contributed by atoms with E-state index in [0.717, 1.165) is 31.2 Å². The number of carbonyl (C=O) groups is 1. The number of nitrogens with zero attached hydrogens (tertiary/aromatic N) is 1. The molecule has 0 aromatic heterocycles. The number of amides is 1. The number of benzene rings is 1. The quantitative estimate of drug-likeness (QED) is 0.434. The molecule has 0 radical (unpaired) electrons. The van der Waals surface area contributed by atoms with Gasteiger partial charge in [0.2, 0.25) is 5.91 Å². The number of hydrogen-bond donors (Lipinski definition) is 2. The first kappa shape index (κ1) is 16.1. The summed E-state index contributed by atoms with van der Waals surface area (Å²) in [7, 11) is 0. The number of nitrogens with two attached hydrogens (primary N) is 1. The molecule has 0 saturated heterocycles. The van der Waals surface area contributed by atoms with Gasteiger partial charge in [-0.2, -0.15) is 0 Å². The van der Waals surface area contributed by atoms with Gasteiger partial charge in [0.1, 0.15) is 5.69 Å². The molecule has 0 bridgehead atoms. The molecule has 3 N–H and O–H groups in total. The number of nitro benzene ring substituents is 1. The summed E-state index contributed by atoms with van der Waals surface area (Å²) < 4.78 is 0. The molecule has 20 heavy (non-hydrogen) atoms. The van der Waals surface area contributed by atoms with Crippen LogP contribution >= 0.6 is 0 Å². The molecule has 0 heterocycles. The fourth-order valence-corrected chi connectivity index (χ4v) is 1.91. The van der Waals surface area contributed by atoms with Gasteiger partial charge >= 0.3 is 0 Å². The highest BCUT2D eigenvalue weighted by Gasteiger charge is 2.15. The molecule has 0 unspecified atom stereocenters. The molecule has 0 atom stereocenters. The molecule has 0 fully saturated rings. The average Bonchev–Trinajstić information content (AvgIpc) is 2.38. The molecule has 1 aromatic rings. The van der Waals surface area contributed by atoms with Crippen LogP contribution in [-0.4, -0.2) is 17.4 Å². The van der Waals surface area contributed by atoms with Crippen molar-refractivity contribution >= 4 is 17.3 Å². The molecule has 110 valence electrons. The van der Waals surface area contributed by atoms with Gasteiger partial charge in [-0.15, -0.1) is 0 Å². The lowest BCUT2D eigenvalue weighted by Crippen LogP contribution is -2.12. The molecule has 1 aromatic carbocycles. The van der Waals surface area contributed by atoms with E-state index in [1.807, 2.05) is 6.92 Å². The zero-order valence-corrected chi connectivity index (χ0v) is 11.7. The van der Waals surface area contributed by atoms with Gasteiger partial charge in [0.25, 0.3) is 5.69 Å². The average molecular weight is 279 g/mol. The Bertz CT molecular complexity index is 475. The third-order valence-electron chi connectivity index (χ3n) is 2.98. The third-order valence-corrected chi connectivity index (χ3v) is 2.98. The first-order chi connectivity index (χ1) is 9.54. The largest absolute Gasteiger partial charge is 0.330 e. The van der Waals surface area contributed by atoms with E-state index in [2.05, 4.69) is 5.32 Å². The Morgan fingerprint density at radius 2 is 2.00 bits per heavy atom. The summed E-state index contributed by atoms with van der Waals surface area (Å²) in [4.78, 5) is 22.2. The zero-order chi connectivity index (χ0) is 15.0. The fraction of sp³-hybridized carbons (Fsp3) is 0.500. The van der Waals surface area contributed by atoms with Crippen molar-refractivity contribution in [2.75, 3.05) is 11.9 Å². The highest BCUT2D eigenvalue weighted by Crippen LogP contribution is 2.25. The van der Waals surface area contributed by atoms with Crippen molar-refractivity contribution in [3.05, 3.63) is 33.9 Å². The maximum atomic E-state index is 11.8. The lowest BCUT2D eigenvalue weighted by atomic mass is 10.1. The normalized spacial score (nSPS) is 10.3. The number of anilines is 1. The van der Waals surface area contributed by atoms with Crippen LogP contribution in [-0.2, 0) is 4.79 Å². The Hall–Kier alpha value is -1.95. The fourth-order valence-electron chi connectivity index (χ4n) is 1.91. The van der Waals surface area contributed by atoms with E-state index < -0.39 is 4.92 Å². The number of rotatable bonds is 8. The highest BCUT2D eigenvalue weighted by atomic mass is 16.6. The molecule has 6 nitrogen and oxygen atoms in total. The number of aryl methyl sites for hydroxylation is 1. The van der Waals surface area contributed by atoms with Crippen molar-refractivity contribution in [1.82, 2.24) is 0 Å². The minimum atomic E-state index is -0.490. The van der Waals surface area contributed by atoms with Crippen LogP contribution in [0.2, 0.25) is 0 Å². The summed E-state index contributed by atoms with van der Waals surface area (Å²) in [5.74, 6) is -0.188. The number of nitrogens with one attached hydrogen (secondary N) is 1. The van der Waals surface area contributed by atoms with Gasteiger partial charge in [0, 0.05) is 12.5 Å². The maximum absolute atomic E-state index is 11.8. The molecule has 0 spiro atoms. The van der Waals surface area contributed by atoms with Gasteiger partial charge in [-0.1, -0.05) is 18.9 Å². The second kappa shape index (κ2) is 8.27. The Kier molecular flexibility index (Phi) is 6.66. The molecule has 0 saturated carbocycles. The minimum Gasteiger partial charge on any atom is -0.330 e. The monoisotopic (exact) mass is 279 g/mol. The number of unbranched alkanes of at least 4 members (excludes halogenated alkanes) is 3. The van der Waals surface area contributed by atoms with Gasteiger partial charge in [0.15, 0.2) is 0 Å². The van der Waals surface area contributed by atoms with Crippen LogP contribution < -0.4 is 11.1 Å². The lowest BCUT2D eigenvalue weighted by Gasteiger charge is -2.07. The van der Waals surface area contributed by atoms with E-state index in [4.69, 9.17) is 5.73 Å². The first-order valence-corrected chi connectivity index (χ1v) is 6.79. The third kappa shape index (κ3) is 5.36. The zero-order valence-electron chi connectivity index (χ0n) is 11.7. The molecule has 1 amide bonds. The van der Waals surface area contributed by atoms with Gasteiger partial charge in [-0.3, -0.25) is 14.9 Å². The van der Waals surface area contributed by atoms with Crippen molar-refractivity contribution in [2.45, 2.75) is 39.0 Å². The van der Waals surface area contributed by atoms with Crippen molar-refractivity contribution in [3.8, 4) is 0 Å². The lowest BCUT2D eigenvalue weighted by molar-refractivity contribution is -0.383. The number of nitro groups is 1. The van der Waals surface area contributed by atoms with Gasteiger partial charge in [0.05, 0.1) is 4.92 Å². The van der Waals surface area contributed by atoms with Crippen LogP contribution in [0.1, 0.15) is 37.7 Å². The van der Waals surface area contributed by atoms with Crippen LogP contribution in [0.25, 0.3) is 0 Å². The standard InChI is InChI=1S/C14H21N3O3/c1-11-7-8-13(17(19)20)12(10-11)16-14(18)6-4-2-3-5-9-15/h7-8,10H,2-6,9,15H2,1H3,(H,16,18). The second-order valence-corrected chi connectivity index (χ2v) is 4.78. The molecule has 0 aliphatic rings. The maximum Gasteiger partial charge on any atom is 0.292 e. The van der Waals surface area contributed by atoms with Gasteiger partial charge in [-0.25, -0.2) is 0 Å². The molecule has 0 aliphatic heterocycles. The van der Waals surface area contributed by atoms with E-state index in [0.29, 0.717) is 13.0 Å². The predicted molar refractivity (Wildman–Crippen MR) is 78.6 cm³/mol. The smallest absolute Gasteiger partial charge is 0.292 e. The van der Waals surface area contributed by atoms with Crippen molar-refractivity contribution in [3.63, 3.8) is 0 Å². The molecular weight excluding hydrogens is 258 g/mol. The van der Waals surface area contributed by atoms with E-state index >= 15 is 0 Å². The van der Waals surface area contributed by atoms with Crippen LogP contribution in [0, 0.1) is 17.0 Å². The summed E-state index contributed by atoms with van der Waals surface area (Å²) >= 11 is 0. The molecule has 0 aliphatic carbocycles. The summed E-state index contributed by atoms with van der Waals surface area (Å²) in [6, 6.07) is 4.68. The van der Waals surface area contributed by atoms with E-state index in [-0.39, 0.29) is 17.3 Å². The Morgan fingerprint density at radius 1 is 1.30 bits per heavy atom. The van der Waals surface area contributed by atoms with E-state index in [9.17, 15) is 14.9 Å². The molecule has 1 rings (SSSR count). The van der Waals surface area contributed by atoms with Gasteiger partial charge < -0.3 is 11.1 Å². The van der Waals surface area contributed by atoms with E-state index in [1.54, 1.807) is 12.1 Å². The summed E-state index contributed by atoms with van der Waals surface area (Å²) in [5.41, 5.74) is 6.45. The number of hydrogen-bond acceptors (Lipinski definition) is 4. The Labute approximate surface area is 118 Å². The van der Waals surface area contributed by atoms with Crippen LogP contribution in [0.3, 0.4) is 0 Å². The predicted octanol–water partition coefficient (Wildman–Crippen LogP) is 2.75. The van der Waals surface area contributed by atoms with Crippen LogP contribution in [0.4, 0.5) is 11.4 Å². The first-order valence-electron chi connectivity index (χ1n) is 6.79. The minimum absolute atomic E-state index is 0.0768. The topological polar surface area (TPSA) is 98.3 Å². The summed E-state index contributed by atoms with van der Waals surface area (Å²) in [5, 5.41) is 13.5. The van der Waals surface area contributed by atoms with Crippen LogP contribution in [0.5, 0.6) is 0 Å². The number of carbonyl (C=O) groups excluding carboxylic acids is 1.